The molecule has 102 valence electrons. The Morgan fingerprint density at radius 1 is 1.37 bits per heavy atom. The van der Waals surface area contributed by atoms with Gasteiger partial charge in [0.2, 0.25) is 0 Å². The molecule has 2 saturated carbocycles. The Bertz CT molecular complexity index is 485. The molecule has 2 fully saturated rings. The van der Waals surface area contributed by atoms with Gasteiger partial charge in [0, 0.05) is 6.04 Å². The van der Waals surface area contributed by atoms with Crippen LogP contribution in [0, 0.1) is 17.8 Å². The van der Waals surface area contributed by atoms with Crippen molar-refractivity contribution in [2.24, 2.45) is 17.8 Å². The highest BCUT2D eigenvalue weighted by Gasteiger charge is 2.52. The summed E-state index contributed by atoms with van der Waals surface area (Å²) in [5, 5.41) is 4.93. The zero-order valence-corrected chi connectivity index (χ0v) is 11.6. The van der Waals surface area contributed by atoms with Crippen molar-refractivity contribution in [3.05, 3.63) is 22.4 Å². The average Bonchev–Trinajstić information content (AvgIpc) is 3.13. The van der Waals surface area contributed by atoms with Crippen LogP contribution in [-0.2, 0) is 9.53 Å². The quantitative estimate of drug-likeness (QED) is 0.862. The van der Waals surface area contributed by atoms with Crippen LogP contribution >= 0.6 is 11.3 Å². The third kappa shape index (κ3) is 2.16. The fourth-order valence-electron chi connectivity index (χ4n) is 3.60. The topological polar surface area (TPSA) is 55.4 Å². The van der Waals surface area contributed by atoms with E-state index in [2.05, 4.69) is 5.32 Å². The normalized spacial score (nSPS) is 32.3. The Morgan fingerprint density at radius 3 is 2.84 bits per heavy atom. The third-order valence-corrected chi connectivity index (χ3v) is 5.30. The van der Waals surface area contributed by atoms with Crippen molar-refractivity contribution in [1.82, 2.24) is 5.32 Å². The van der Waals surface area contributed by atoms with Crippen molar-refractivity contribution in [3.63, 3.8) is 0 Å². The van der Waals surface area contributed by atoms with E-state index in [9.17, 15) is 9.59 Å². The van der Waals surface area contributed by atoms with Crippen molar-refractivity contribution in [3.8, 4) is 0 Å². The minimum absolute atomic E-state index is 0.0548. The van der Waals surface area contributed by atoms with Crippen LogP contribution in [0.2, 0.25) is 0 Å². The Labute approximate surface area is 116 Å². The first-order valence-electron chi connectivity index (χ1n) is 6.63. The number of hydrogen-bond acceptors (Lipinski definition) is 4. The van der Waals surface area contributed by atoms with E-state index in [4.69, 9.17) is 4.74 Å². The zero-order valence-electron chi connectivity index (χ0n) is 10.8. The Hall–Kier alpha value is -1.36. The number of amides is 1. The van der Waals surface area contributed by atoms with Crippen LogP contribution in [0.1, 0.15) is 28.9 Å². The van der Waals surface area contributed by atoms with Gasteiger partial charge in [-0.2, -0.15) is 0 Å². The molecule has 1 amide bonds. The monoisotopic (exact) mass is 279 g/mol. The molecule has 1 N–H and O–H groups in total. The molecule has 1 aromatic heterocycles. The van der Waals surface area contributed by atoms with Crippen LogP contribution in [0.4, 0.5) is 0 Å². The highest BCUT2D eigenvalue weighted by atomic mass is 32.1. The molecule has 3 rings (SSSR count). The molecule has 2 bridgehead atoms. The maximum atomic E-state index is 12.1. The van der Waals surface area contributed by atoms with Gasteiger partial charge in [0.25, 0.3) is 5.91 Å². The van der Waals surface area contributed by atoms with Crippen molar-refractivity contribution in [1.29, 1.82) is 0 Å². The lowest BCUT2D eigenvalue weighted by Crippen LogP contribution is -2.47. The second-order valence-electron chi connectivity index (χ2n) is 5.36. The van der Waals surface area contributed by atoms with Gasteiger partial charge in [-0.25, -0.2) is 0 Å². The van der Waals surface area contributed by atoms with Crippen molar-refractivity contribution >= 4 is 23.2 Å². The fraction of sp³-hybridized carbons (Fsp3) is 0.571. The fourth-order valence-corrected chi connectivity index (χ4v) is 4.23. The summed E-state index contributed by atoms with van der Waals surface area (Å²) in [5.74, 6) is 0.405. The summed E-state index contributed by atoms with van der Waals surface area (Å²) in [4.78, 5) is 24.8. The first kappa shape index (κ1) is 12.7. The lowest BCUT2D eigenvalue weighted by atomic mass is 9.84. The summed E-state index contributed by atoms with van der Waals surface area (Å²) < 4.78 is 4.90. The van der Waals surface area contributed by atoms with E-state index in [-0.39, 0.29) is 23.8 Å². The molecule has 0 saturated heterocycles. The van der Waals surface area contributed by atoms with E-state index in [1.807, 2.05) is 11.4 Å². The van der Waals surface area contributed by atoms with E-state index in [0.717, 1.165) is 19.3 Å². The molecule has 0 spiro atoms. The van der Waals surface area contributed by atoms with E-state index in [0.29, 0.717) is 16.7 Å². The van der Waals surface area contributed by atoms with Gasteiger partial charge in [0.15, 0.2) is 0 Å². The van der Waals surface area contributed by atoms with Gasteiger partial charge in [-0.05, 0) is 42.5 Å². The van der Waals surface area contributed by atoms with Gasteiger partial charge < -0.3 is 10.1 Å². The maximum absolute atomic E-state index is 12.1. The number of nitrogens with one attached hydrogen (secondary N) is 1. The molecule has 0 aliphatic heterocycles. The molecular formula is C14H17NO3S. The van der Waals surface area contributed by atoms with Gasteiger partial charge >= 0.3 is 5.97 Å². The van der Waals surface area contributed by atoms with Crippen LogP contribution in [0.5, 0.6) is 0 Å². The number of thiophene rings is 1. The van der Waals surface area contributed by atoms with Crippen LogP contribution < -0.4 is 5.32 Å². The molecule has 19 heavy (non-hydrogen) atoms. The number of esters is 1. The number of fused-ring (bicyclic) bond motifs is 2. The van der Waals surface area contributed by atoms with Gasteiger partial charge in [0.05, 0.1) is 17.9 Å². The van der Waals surface area contributed by atoms with Gasteiger partial charge in [-0.1, -0.05) is 6.07 Å². The smallest absolute Gasteiger partial charge is 0.311 e. The van der Waals surface area contributed by atoms with Crippen LogP contribution in [0.15, 0.2) is 17.5 Å². The number of hydrogen-bond donors (Lipinski definition) is 1. The largest absolute Gasteiger partial charge is 0.469 e. The minimum Gasteiger partial charge on any atom is -0.469 e. The second-order valence-corrected chi connectivity index (χ2v) is 6.31. The summed E-state index contributed by atoms with van der Waals surface area (Å²) in [6, 6.07) is 3.61. The van der Waals surface area contributed by atoms with Crippen molar-refractivity contribution in [2.75, 3.05) is 7.11 Å². The van der Waals surface area contributed by atoms with Crippen molar-refractivity contribution in [2.45, 2.75) is 25.3 Å². The molecule has 0 unspecified atom stereocenters. The molecule has 2 aliphatic rings. The van der Waals surface area contributed by atoms with Crippen LogP contribution in [0.25, 0.3) is 0 Å². The number of methoxy groups -OCH3 is 1. The van der Waals surface area contributed by atoms with Crippen molar-refractivity contribution < 1.29 is 14.3 Å². The number of carbonyl (C=O) groups is 2. The molecule has 2 aliphatic carbocycles. The Morgan fingerprint density at radius 2 is 2.16 bits per heavy atom. The number of ether oxygens (including phenoxy) is 1. The van der Waals surface area contributed by atoms with Gasteiger partial charge in [-0.15, -0.1) is 11.3 Å². The van der Waals surface area contributed by atoms with Crippen LogP contribution in [0.3, 0.4) is 0 Å². The number of rotatable bonds is 3. The van der Waals surface area contributed by atoms with E-state index >= 15 is 0 Å². The standard InChI is InChI=1S/C14H17NO3S/c1-18-14(17)11-8-4-5-9(7-8)12(11)15-13(16)10-3-2-6-19-10/h2-3,6,8-9,11-12H,4-5,7H2,1H3,(H,15,16)/t8-,9-,11-,12-/m0/s1. The molecule has 4 atom stereocenters. The molecular weight excluding hydrogens is 262 g/mol. The molecule has 4 nitrogen and oxygen atoms in total. The summed E-state index contributed by atoms with van der Waals surface area (Å²) in [6.45, 7) is 0. The lowest BCUT2D eigenvalue weighted by molar-refractivity contribution is -0.148. The molecule has 0 radical (unpaired) electrons. The zero-order chi connectivity index (χ0) is 13.4. The summed E-state index contributed by atoms with van der Waals surface area (Å²) in [5.41, 5.74) is 0. The highest BCUT2D eigenvalue weighted by Crippen LogP contribution is 2.49. The summed E-state index contributed by atoms with van der Waals surface area (Å²) in [6.07, 6.45) is 3.22. The molecule has 1 aromatic rings. The average molecular weight is 279 g/mol. The Kier molecular flexibility index (Phi) is 3.31. The first-order chi connectivity index (χ1) is 9.20. The maximum Gasteiger partial charge on any atom is 0.311 e. The van der Waals surface area contributed by atoms with E-state index in [1.54, 1.807) is 6.07 Å². The lowest BCUT2D eigenvalue weighted by Gasteiger charge is -2.29. The predicted molar refractivity (Wildman–Crippen MR) is 71.9 cm³/mol. The third-order valence-electron chi connectivity index (χ3n) is 4.43. The molecule has 0 aromatic carbocycles. The van der Waals surface area contributed by atoms with Crippen LogP contribution in [-0.4, -0.2) is 25.0 Å². The van der Waals surface area contributed by atoms with Gasteiger partial charge in [-0.3, -0.25) is 9.59 Å². The number of carbonyl (C=O) groups excluding carboxylic acids is 2. The summed E-state index contributed by atoms with van der Waals surface area (Å²) >= 11 is 1.42. The van der Waals surface area contributed by atoms with E-state index < -0.39 is 0 Å². The predicted octanol–water partition coefficient (Wildman–Crippen LogP) is 2.07. The summed E-state index contributed by atoms with van der Waals surface area (Å²) in [7, 11) is 1.42. The van der Waals surface area contributed by atoms with Gasteiger partial charge in [0.1, 0.15) is 0 Å². The Balaban J connectivity index is 1.75. The molecule has 1 heterocycles. The molecule has 5 heteroatoms. The highest BCUT2D eigenvalue weighted by molar-refractivity contribution is 7.12. The van der Waals surface area contributed by atoms with E-state index in [1.165, 1.54) is 18.4 Å². The second kappa shape index (κ2) is 4.96. The minimum atomic E-state index is -0.177. The SMILES string of the molecule is COC(=O)[C@H]1[C@H]2CC[C@@H](C2)[C@@H]1NC(=O)c1cccs1. The first-order valence-corrected chi connectivity index (χ1v) is 7.51.